The van der Waals surface area contributed by atoms with Crippen LogP contribution in [-0.4, -0.2) is 28.9 Å². The third kappa shape index (κ3) is 3.79. The van der Waals surface area contributed by atoms with E-state index in [9.17, 15) is 9.59 Å². The van der Waals surface area contributed by atoms with Gasteiger partial charge in [0.1, 0.15) is 6.61 Å². The number of benzene rings is 2. The van der Waals surface area contributed by atoms with Gasteiger partial charge in [0.15, 0.2) is 0 Å². The zero-order valence-corrected chi connectivity index (χ0v) is 18.5. The first-order chi connectivity index (χ1) is 14.6. The number of carbonyl (C=O) groups excluding carboxylic acids is 1. The standard InChI is InChI=1S/C24H26BNO5/c1-16(27)29-15-19-20(25-30-23(2,3)24(4,5)31-25)11-8-12-21(19)26-14-13-17-9-6-7-10-18(17)22(26)28/h6-14H,15H2,1-5H3. The lowest BCUT2D eigenvalue weighted by Gasteiger charge is -2.32. The number of aromatic nitrogens is 1. The maximum Gasteiger partial charge on any atom is 0.495 e. The van der Waals surface area contributed by atoms with Gasteiger partial charge in [0.25, 0.3) is 5.56 Å². The van der Waals surface area contributed by atoms with Crippen molar-refractivity contribution in [2.75, 3.05) is 0 Å². The Labute approximate surface area is 181 Å². The Bertz CT molecular complexity index is 1200. The highest BCUT2D eigenvalue weighted by Crippen LogP contribution is 2.37. The van der Waals surface area contributed by atoms with Crippen LogP contribution in [0.1, 0.15) is 40.2 Å². The molecule has 0 amide bonds. The number of nitrogens with zero attached hydrogens (tertiary/aromatic N) is 1. The van der Waals surface area contributed by atoms with E-state index >= 15 is 0 Å². The molecule has 0 N–H and O–H groups in total. The summed E-state index contributed by atoms with van der Waals surface area (Å²) in [6, 6.07) is 14.9. The lowest BCUT2D eigenvalue weighted by atomic mass is 9.75. The van der Waals surface area contributed by atoms with Gasteiger partial charge in [-0.1, -0.05) is 30.3 Å². The summed E-state index contributed by atoms with van der Waals surface area (Å²) in [5.74, 6) is -0.402. The molecule has 31 heavy (non-hydrogen) atoms. The fraction of sp³-hybridized carbons (Fsp3) is 0.333. The highest BCUT2D eigenvalue weighted by molar-refractivity contribution is 6.62. The molecular formula is C24H26BNO5. The molecule has 2 heterocycles. The normalized spacial score (nSPS) is 17.1. The fourth-order valence-corrected chi connectivity index (χ4v) is 3.72. The van der Waals surface area contributed by atoms with Crippen molar-refractivity contribution in [3.05, 3.63) is 70.6 Å². The molecule has 1 saturated heterocycles. The van der Waals surface area contributed by atoms with E-state index in [0.29, 0.717) is 16.6 Å². The first-order valence-electron chi connectivity index (χ1n) is 10.3. The average molecular weight is 419 g/mol. The van der Waals surface area contributed by atoms with Gasteiger partial charge in [0.05, 0.1) is 16.9 Å². The van der Waals surface area contributed by atoms with Gasteiger partial charge in [0, 0.05) is 24.1 Å². The largest absolute Gasteiger partial charge is 0.495 e. The minimum Gasteiger partial charge on any atom is -0.461 e. The molecule has 0 radical (unpaired) electrons. The van der Waals surface area contributed by atoms with E-state index in [1.807, 2.05) is 70.2 Å². The molecule has 2 aromatic carbocycles. The summed E-state index contributed by atoms with van der Waals surface area (Å²) in [6.07, 6.45) is 1.74. The van der Waals surface area contributed by atoms with E-state index in [2.05, 4.69) is 0 Å². The first-order valence-corrected chi connectivity index (χ1v) is 10.3. The van der Waals surface area contributed by atoms with Crippen molar-refractivity contribution in [1.29, 1.82) is 0 Å². The number of esters is 1. The Morgan fingerprint density at radius 1 is 1.00 bits per heavy atom. The molecule has 0 bridgehead atoms. The monoisotopic (exact) mass is 419 g/mol. The van der Waals surface area contributed by atoms with Crippen LogP contribution in [0.2, 0.25) is 0 Å². The maximum atomic E-state index is 13.3. The van der Waals surface area contributed by atoms with Crippen LogP contribution in [-0.2, 0) is 25.4 Å². The molecule has 0 saturated carbocycles. The molecule has 4 rings (SSSR count). The minimum atomic E-state index is -0.647. The van der Waals surface area contributed by atoms with Crippen molar-refractivity contribution in [3.63, 3.8) is 0 Å². The average Bonchev–Trinajstić information content (AvgIpc) is 2.93. The molecule has 7 heteroatoms. The number of carbonyl (C=O) groups is 1. The van der Waals surface area contributed by atoms with E-state index in [1.165, 1.54) is 6.92 Å². The van der Waals surface area contributed by atoms with Gasteiger partial charge in [0.2, 0.25) is 0 Å². The fourth-order valence-electron chi connectivity index (χ4n) is 3.72. The molecule has 0 atom stereocenters. The number of pyridine rings is 1. The molecule has 1 aromatic heterocycles. The van der Waals surface area contributed by atoms with Crippen LogP contribution in [0.15, 0.2) is 59.5 Å². The summed E-state index contributed by atoms with van der Waals surface area (Å²) in [7, 11) is -0.647. The minimum absolute atomic E-state index is 0.00415. The quantitative estimate of drug-likeness (QED) is 0.479. The smallest absolute Gasteiger partial charge is 0.461 e. The van der Waals surface area contributed by atoms with E-state index in [-0.39, 0.29) is 12.2 Å². The highest BCUT2D eigenvalue weighted by Gasteiger charge is 2.52. The summed E-state index contributed by atoms with van der Waals surface area (Å²) in [5, 5.41) is 1.48. The molecule has 1 fully saturated rings. The van der Waals surface area contributed by atoms with E-state index in [4.69, 9.17) is 14.0 Å². The Hall–Kier alpha value is -2.90. The predicted molar refractivity (Wildman–Crippen MR) is 121 cm³/mol. The Morgan fingerprint density at radius 2 is 1.68 bits per heavy atom. The van der Waals surface area contributed by atoms with E-state index in [1.54, 1.807) is 16.8 Å². The third-order valence-electron chi connectivity index (χ3n) is 6.19. The zero-order chi connectivity index (χ0) is 22.4. The molecule has 3 aromatic rings. The van der Waals surface area contributed by atoms with Crippen molar-refractivity contribution in [3.8, 4) is 5.69 Å². The maximum absolute atomic E-state index is 13.3. The second kappa shape index (κ2) is 7.66. The SMILES string of the molecule is CC(=O)OCc1c(B2OC(C)(C)C(C)(C)O2)cccc1-n1ccc2ccccc2c1=O. The summed E-state index contributed by atoms with van der Waals surface area (Å²) in [4.78, 5) is 24.8. The van der Waals surface area contributed by atoms with Crippen LogP contribution in [0.4, 0.5) is 0 Å². The van der Waals surface area contributed by atoms with Gasteiger partial charge in [-0.2, -0.15) is 0 Å². The topological polar surface area (TPSA) is 66.8 Å². The number of rotatable bonds is 4. The van der Waals surface area contributed by atoms with Crippen LogP contribution >= 0.6 is 0 Å². The van der Waals surface area contributed by atoms with Crippen molar-refractivity contribution in [2.24, 2.45) is 0 Å². The van der Waals surface area contributed by atoms with Crippen LogP contribution in [0.5, 0.6) is 0 Å². The summed E-state index contributed by atoms with van der Waals surface area (Å²) in [6.45, 7) is 9.29. The molecule has 0 unspecified atom stereocenters. The van der Waals surface area contributed by atoms with Crippen molar-refractivity contribution in [1.82, 2.24) is 4.57 Å². The van der Waals surface area contributed by atoms with Crippen molar-refractivity contribution < 1.29 is 18.8 Å². The third-order valence-corrected chi connectivity index (χ3v) is 6.19. The molecule has 1 aliphatic heterocycles. The Kier molecular flexibility index (Phi) is 5.27. The van der Waals surface area contributed by atoms with E-state index < -0.39 is 24.3 Å². The lowest BCUT2D eigenvalue weighted by Crippen LogP contribution is -2.41. The number of hydrogen-bond donors (Lipinski definition) is 0. The number of fused-ring (bicyclic) bond motifs is 1. The second-order valence-corrected chi connectivity index (χ2v) is 8.79. The molecular weight excluding hydrogens is 393 g/mol. The van der Waals surface area contributed by atoms with Gasteiger partial charge in [-0.25, -0.2) is 0 Å². The summed E-state index contributed by atoms with van der Waals surface area (Å²) < 4.78 is 19.4. The molecule has 160 valence electrons. The summed E-state index contributed by atoms with van der Waals surface area (Å²) >= 11 is 0. The van der Waals surface area contributed by atoms with Gasteiger partial charge < -0.3 is 14.0 Å². The summed E-state index contributed by atoms with van der Waals surface area (Å²) in [5.41, 5.74) is 0.849. The van der Waals surface area contributed by atoms with Crippen LogP contribution in [0.25, 0.3) is 16.5 Å². The van der Waals surface area contributed by atoms with Crippen LogP contribution < -0.4 is 11.0 Å². The number of hydrogen-bond acceptors (Lipinski definition) is 5. The lowest BCUT2D eigenvalue weighted by molar-refractivity contribution is -0.142. The first kappa shape index (κ1) is 21.3. The van der Waals surface area contributed by atoms with Crippen LogP contribution in [0.3, 0.4) is 0 Å². The molecule has 0 aliphatic carbocycles. The van der Waals surface area contributed by atoms with E-state index in [0.717, 1.165) is 10.8 Å². The zero-order valence-electron chi connectivity index (χ0n) is 18.5. The van der Waals surface area contributed by atoms with Crippen LogP contribution in [0, 0.1) is 0 Å². The predicted octanol–water partition coefficient (Wildman–Crippen LogP) is 3.35. The van der Waals surface area contributed by atoms with Crippen molar-refractivity contribution >= 4 is 29.3 Å². The van der Waals surface area contributed by atoms with Gasteiger partial charge in [-0.3, -0.25) is 14.2 Å². The van der Waals surface area contributed by atoms with Gasteiger partial charge in [-0.15, -0.1) is 0 Å². The Balaban J connectivity index is 1.88. The van der Waals surface area contributed by atoms with Gasteiger partial charge >= 0.3 is 13.1 Å². The second-order valence-electron chi connectivity index (χ2n) is 8.79. The number of ether oxygens (including phenoxy) is 1. The Morgan fingerprint density at radius 3 is 2.35 bits per heavy atom. The molecule has 0 spiro atoms. The van der Waals surface area contributed by atoms with Gasteiger partial charge in [-0.05, 0) is 56.7 Å². The van der Waals surface area contributed by atoms with Crippen molar-refractivity contribution in [2.45, 2.75) is 52.4 Å². The molecule has 1 aliphatic rings. The highest BCUT2D eigenvalue weighted by atomic mass is 16.7. The molecule has 6 nitrogen and oxygen atoms in total.